The number of carbonyl (C=O) groups is 1. The summed E-state index contributed by atoms with van der Waals surface area (Å²) in [6.45, 7) is 2.03. The van der Waals surface area contributed by atoms with Gasteiger partial charge in [0, 0.05) is 22.7 Å². The molecule has 1 aromatic rings. The molecule has 6 heteroatoms. The molecule has 112 valence electrons. The number of halogens is 2. The van der Waals surface area contributed by atoms with Crippen LogP contribution in [0.4, 0.5) is 5.69 Å². The van der Waals surface area contributed by atoms with Crippen LogP contribution in [0.3, 0.4) is 0 Å². The molecule has 1 fully saturated rings. The number of piperidine rings is 1. The second kappa shape index (κ2) is 8.62. The van der Waals surface area contributed by atoms with Crippen LogP contribution in [0.25, 0.3) is 0 Å². The Kier molecular flexibility index (Phi) is 7.51. The van der Waals surface area contributed by atoms with E-state index in [0.29, 0.717) is 19.1 Å². The molecule has 4 nitrogen and oxygen atoms in total. The van der Waals surface area contributed by atoms with Crippen molar-refractivity contribution < 1.29 is 4.79 Å². The first-order valence-electron chi connectivity index (χ1n) is 6.68. The van der Waals surface area contributed by atoms with Gasteiger partial charge in [-0.2, -0.15) is 0 Å². The number of nitrogens with zero attached hydrogens (tertiary/aromatic N) is 1. The first-order chi connectivity index (χ1) is 9.19. The Morgan fingerprint density at radius 2 is 2.05 bits per heavy atom. The van der Waals surface area contributed by atoms with Crippen molar-refractivity contribution in [2.45, 2.75) is 25.3 Å². The third-order valence-corrected chi connectivity index (χ3v) is 4.02. The van der Waals surface area contributed by atoms with E-state index in [1.807, 2.05) is 24.3 Å². The predicted octanol–water partition coefficient (Wildman–Crippen LogP) is 2.62. The second-order valence-corrected chi connectivity index (χ2v) is 5.83. The summed E-state index contributed by atoms with van der Waals surface area (Å²) in [5, 5.41) is 2.92. The molecule has 0 spiro atoms. The van der Waals surface area contributed by atoms with E-state index in [2.05, 4.69) is 26.1 Å². The van der Waals surface area contributed by atoms with Crippen molar-refractivity contribution >= 4 is 39.9 Å². The molecule has 1 saturated heterocycles. The molecule has 1 aliphatic heterocycles. The largest absolute Gasteiger partial charge is 0.329 e. The van der Waals surface area contributed by atoms with E-state index in [0.717, 1.165) is 29.5 Å². The molecule has 1 aliphatic rings. The van der Waals surface area contributed by atoms with Crippen LogP contribution < -0.4 is 11.1 Å². The van der Waals surface area contributed by atoms with E-state index in [-0.39, 0.29) is 18.3 Å². The summed E-state index contributed by atoms with van der Waals surface area (Å²) >= 11 is 3.37. The lowest BCUT2D eigenvalue weighted by molar-refractivity contribution is -0.118. The maximum absolute atomic E-state index is 12.0. The first kappa shape index (κ1) is 17.4. The van der Waals surface area contributed by atoms with Crippen LogP contribution in [0, 0.1) is 0 Å². The molecule has 1 atom stereocenters. The Labute approximate surface area is 134 Å². The van der Waals surface area contributed by atoms with Crippen molar-refractivity contribution in [3.8, 4) is 0 Å². The lowest BCUT2D eigenvalue weighted by Gasteiger charge is -2.34. The zero-order valence-corrected chi connectivity index (χ0v) is 13.8. The fraction of sp³-hybridized carbons (Fsp3) is 0.500. The summed E-state index contributed by atoms with van der Waals surface area (Å²) in [4.78, 5) is 14.2. The number of amides is 1. The molecule has 1 aromatic carbocycles. The number of nitrogens with two attached hydrogens (primary N) is 1. The van der Waals surface area contributed by atoms with Crippen molar-refractivity contribution in [3.05, 3.63) is 28.7 Å². The number of nitrogens with one attached hydrogen (secondary N) is 1. The number of benzene rings is 1. The highest BCUT2D eigenvalue weighted by Gasteiger charge is 2.22. The molecule has 0 saturated carbocycles. The molecular weight excluding hydrogens is 342 g/mol. The zero-order chi connectivity index (χ0) is 13.7. The van der Waals surface area contributed by atoms with E-state index in [1.165, 1.54) is 6.42 Å². The molecule has 3 N–H and O–H groups in total. The average molecular weight is 363 g/mol. The standard InChI is InChI=1S/C14H20BrN3O.ClH/c15-11-4-6-12(7-5-11)17-14(19)10-18-8-2-1-3-13(18)9-16;/h4-7,13H,1-3,8-10,16H2,(H,17,19);1H. The smallest absolute Gasteiger partial charge is 0.238 e. The van der Waals surface area contributed by atoms with Gasteiger partial charge in [0.05, 0.1) is 6.54 Å². The van der Waals surface area contributed by atoms with E-state index in [9.17, 15) is 4.79 Å². The van der Waals surface area contributed by atoms with Crippen LogP contribution in [0.2, 0.25) is 0 Å². The maximum Gasteiger partial charge on any atom is 0.238 e. The average Bonchev–Trinajstić information content (AvgIpc) is 2.42. The Hall–Kier alpha value is -0.620. The van der Waals surface area contributed by atoms with Gasteiger partial charge < -0.3 is 11.1 Å². The fourth-order valence-electron chi connectivity index (χ4n) is 2.45. The lowest BCUT2D eigenvalue weighted by atomic mass is 10.0. The monoisotopic (exact) mass is 361 g/mol. The van der Waals surface area contributed by atoms with Crippen molar-refractivity contribution in [2.24, 2.45) is 5.73 Å². The number of rotatable bonds is 4. The van der Waals surface area contributed by atoms with Crippen molar-refractivity contribution in [2.75, 3.05) is 25.0 Å². The molecular formula is C14H21BrClN3O. The lowest BCUT2D eigenvalue weighted by Crippen LogP contribution is -2.47. The van der Waals surface area contributed by atoms with E-state index >= 15 is 0 Å². The Morgan fingerprint density at radius 1 is 1.35 bits per heavy atom. The molecule has 0 bridgehead atoms. The SMILES string of the molecule is Cl.NCC1CCCCN1CC(=O)Nc1ccc(Br)cc1. The van der Waals surface area contributed by atoms with Gasteiger partial charge in [0.25, 0.3) is 0 Å². The molecule has 0 aliphatic carbocycles. The minimum absolute atomic E-state index is 0. The van der Waals surface area contributed by atoms with Crippen LogP contribution in [0.15, 0.2) is 28.7 Å². The highest BCUT2D eigenvalue weighted by Crippen LogP contribution is 2.17. The van der Waals surface area contributed by atoms with Crippen LogP contribution in [0.1, 0.15) is 19.3 Å². The summed E-state index contributed by atoms with van der Waals surface area (Å²) in [5.74, 6) is 0.0303. The number of hydrogen-bond acceptors (Lipinski definition) is 3. The van der Waals surface area contributed by atoms with Gasteiger partial charge in [-0.3, -0.25) is 9.69 Å². The summed E-state index contributed by atoms with van der Waals surface area (Å²) < 4.78 is 1.00. The Balaban J connectivity index is 0.00000200. The van der Waals surface area contributed by atoms with Crippen molar-refractivity contribution in [3.63, 3.8) is 0 Å². The number of carbonyl (C=O) groups excluding carboxylic acids is 1. The minimum atomic E-state index is 0. The van der Waals surface area contributed by atoms with Crippen molar-refractivity contribution in [1.29, 1.82) is 0 Å². The predicted molar refractivity (Wildman–Crippen MR) is 88.3 cm³/mol. The van der Waals surface area contributed by atoms with Gasteiger partial charge in [-0.25, -0.2) is 0 Å². The topological polar surface area (TPSA) is 58.4 Å². The van der Waals surface area contributed by atoms with Crippen LogP contribution in [-0.4, -0.2) is 36.5 Å². The molecule has 1 amide bonds. The van der Waals surface area contributed by atoms with Gasteiger partial charge in [0.15, 0.2) is 0 Å². The summed E-state index contributed by atoms with van der Waals surface area (Å²) in [7, 11) is 0. The zero-order valence-electron chi connectivity index (χ0n) is 11.3. The molecule has 2 rings (SSSR count). The Morgan fingerprint density at radius 3 is 2.70 bits per heavy atom. The molecule has 1 heterocycles. The Bertz CT molecular complexity index is 427. The number of hydrogen-bond donors (Lipinski definition) is 2. The van der Waals surface area contributed by atoms with Crippen molar-refractivity contribution in [1.82, 2.24) is 4.90 Å². The third kappa shape index (κ3) is 5.05. The molecule has 1 unspecified atom stereocenters. The summed E-state index contributed by atoms with van der Waals surface area (Å²) in [6.07, 6.45) is 3.47. The van der Waals surface area contributed by atoms with Gasteiger partial charge in [-0.15, -0.1) is 12.4 Å². The highest BCUT2D eigenvalue weighted by molar-refractivity contribution is 9.10. The van der Waals surface area contributed by atoms with Crippen LogP contribution >= 0.6 is 28.3 Å². The first-order valence-corrected chi connectivity index (χ1v) is 7.48. The molecule has 20 heavy (non-hydrogen) atoms. The van der Waals surface area contributed by atoms with Gasteiger partial charge in [0.2, 0.25) is 5.91 Å². The van der Waals surface area contributed by atoms with E-state index in [4.69, 9.17) is 5.73 Å². The van der Waals surface area contributed by atoms with Crippen LogP contribution in [0.5, 0.6) is 0 Å². The fourth-order valence-corrected chi connectivity index (χ4v) is 2.72. The summed E-state index contributed by atoms with van der Waals surface area (Å²) in [6, 6.07) is 7.96. The van der Waals surface area contributed by atoms with E-state index in [1.54, 1.807) is 0 Å². The third-order valence-electron chi connectivity index (χ3n) is 3.50. The molecule has 0 radical (unpaired) electrons. The maximum atomic E-state index is 12.0. The van der Waals surface area contributed by atoms with Crippen LogP contribution in [-0.2, 0) is 4.79 Å². The van der Waals surface area contributed by atoms with Gasteiger partial charge in [-0.1, -0.05) is 22.4 Å². The van der Waals surface area contributed by atoms with Gasteiger partial charge in [-0.05, 0) is 43.7 Å². The number of anilines is 1. The van der Waals surface area contributed by atoms with Gasteiger partial charge in [0.1, 0.15) is 0 Å². The quantitative estimate of drug-likeness (QED) is 0.865. The number of likely N-dealkylation sites (tertiary alicyclic amines) is 1. The van der Waals surface area contributed by atoms with Gasteiger partial charge >= 0.3 is 0 Å². The normalized spacial score (nSPS) is 19.2. The highest BCUT2D eigenvalue weighted by atomic mass is 79.9. The molecule has 0 aromatic heterocycles. The van der Waals surface area contributed by atoms with E-state index < -0.39 is 0 Å². The minimum Gasteiger partial charge on any atom is -0.329 e. The second-order valence-electron chi connectivity index (χ2n) is 4.91. The summed E-state index contributed by atoms with van der Waals surface area (Å²) in [5.41, 5.74) is 6.59.